The maximum Gasteiger partial charge on any atom is 0.178 e. The molecule has 1 heterocycles. The molecule has 1 aromatic rings. The van der Waals surface area contributed by atoms with Crippen molar-refractivity contribution in [3.63, 3.8) is 0 Å². The Bertz CT molecular complexity index is 367. The zero-order valence-corrected chi connectivity index (χ0v) is 9.07. The minimum atomic E-state index is -0.613. The van der Waals surface area contributed by atoms with Gasteiger partial charge < -0.3 is 5.11 Å². The third-order valence-electron chi connectivity index (χ3n) is 2.40. The summed E-state index contributed by atoms with van der Waals surface area (Å²) in [6.07, 6.45) is 2.21. The average Bonchev–Trinajstić information content (AvgIpc) is 2.33. The van der Waals surface area contributed by atoms with Gasteiger partial charge in [-0.2, -0.15) is 0 Å². The van der Waals surface area contributed by atoms with E-state index in [0.717, 1.165) is 0 Å². The number of halogens is 1. The highest BCUT2D eigenvalue weighted by molar-refractivity contribution is 9.10. The van der Waals surface area contributed by atoms with Crippen LogP contribution in [0.15, 0.2) is 18.3 Å². The summed E-state index contributed by atoms with van der Waals surface area (Å²) in [6.45, 7) is 0. The van der Waals surface area contributed by atoms with Gasteiger partial charge in [-0.05, 0) is 25.0 Å². The number of aromatic nitrogens is 1. The summed E-state index contributed by atoms with van der Waals surface area (Å²) in [7, 11) is 0. The van der Waals surface area contributed by atoms with E-state index in [0.29, 0.717) is 24.1 Å². The second-order valence-electron chi connectivity index (χ2n) is 3.36. The van der Waals surface area contributed by atoms with Crippen LogP contribution in [-0.4, -0.2) is 20.7 Å². The van der Waals surface area contributed by atoms with Gasteiger partial charge >= 0.3 is 0 Å². The van der Waals surface area contributed by atoms with Crippen molar-refractivity contribution in [3.8, 4) is 0 Å². The van der Waals surface area contributed by atoms with Crippen LogP contribution in [-0.2, 0) is 0 Å². The number of aliphatic hydroxyl groups is 1. The number of aliphatic hydroxyl groups excluding tert-OH is 1. The average molecular weight is 256 g/mol. The van der Waals surface area contributed by atoms with Crippen LogP contribution in [0.4, 0.5) is 0 Å². The van der Waals surface area contributed by atoms with Gasteiger partial charge in [0.05, 0.1) is 16.6 Å². The first-order valence-corrected chi connectivity index (χ1v) is 5.43. The molecule has 3 nitrogen and oxygen atoms in total. The first-order valence-electron chi connectivity index (χ1n) is 4.51. The van der Waals surface area contributed by atoms with Crippen LogP contribution in [0, 0.1) is 0 Å². The Morgan fingerprint density at radius 2 is 2.29 bits per heavy atom. The lowest BCUT2D eigenvalue weighted by Gasteiger charge is -2.07. The predicted octanol–water partition coefficient (Wildman–Crippen LogP) is 1.85. The number of hydrogen-bond donors (Lipinski definition) is 1. The van der Waals surface area contributed by atoms with E-state index < -0.39 is 6.10 Å². The summed E-state index contributed by atoms with van der Waals surface area (Å²) in [6, 6.07) is 3.43. The summed E-state index contributed by atoms with van der Waals surface area (Å²) >= 11 is 3.31. The third-order valence-corrected chi connectivity index (χ3v) is 3.27. The molecule has 0 aromatic carbocycles. The summed E-state index contributed by atoms with van der Waals surface area (Å²) in [4.78, 5) is 15.6. The van der Waals surface area contributed by atoms with Crippen molar-refractivity contribution in [1.29, 1.82) is 0 Å². The van der Waals surface area contributed by atoms with Crippen LogP contribution >= 0.6 is 15.9 Å². The molecule has 2 atom stereocenters. The molecule has 74 valence electrons. The van der Waals surface area contributed by atoms with Crippen LogP contribution in [0.1, 0.15) is 35.0 Å². The van der Waals surface area contributed by atoms with E-state index >= 15 is 0 Å². The maximum atomic E-state index is 11.8. The molecular formula is C10H10BrNO2. The maximum absolute atomic E-state index is 11.8. The van der Waals surface area contributed by atoms with Crippen LogP contribution in [0.5, 0.6) is 0 Å². The Morgan fingerprint density at radius 1 is 1.50 bits per heavy atom. The van der Waals surface area contributed by atoms with Crippen LogP contribution in [0.25, 0.3) is 0 Å². The normalized spacial score (nSPS) is 26.9. The molecule has 0 saturated carbocycles. The Labute approximate surface area is 90.3 Å². The molecule has 1 aliphatic carbocycles. The van der Waals surface area contributed by atoms with Crippen molar-refractivity contribution in [2.75, 3.05) is 0 Å². The zero-order chi connectivity index (χ0) is 10.1. The lowest BCUT2D eigenvalue weighted by Crippen LogP contribution is -2.13. The lowest BCUT2D eigenvalue weighted by atomic mass is 10.1. The summed E-state index contributed by atoms with van der Waals surface area (Å²) in [5.74, 6) is 0.0182. The van der Waals surface area contributed by atoms with Crippen molar-refractivity contribution < 1.29 is 9.90 Å². The van der Waals surface area contributed by atoms with E-state index in [2.05, 4.69) is 20.9 Å². The highest BCUT2D eigenvalue weighted by Crippen LogP contribution is 2.29. The zero-order valence-electron chi connectivity index (χ0n) is 7.48. The molecule has 1 aromatic heterocycles. The molecule has 0 bridgehead atoms. The van der Waals surface area contributed by atoms with Gasteiger partial charge in [0.1, 0.15) is 0 Å². The van der Waals surface area contributed by atoms with Gasteiger partial charge in [0.2, 0.25) is 0 Å². The number of pyridine rings is 1. The van der Waals surface area contributed by atoms with Gasteiger partial charge in [0.15, 0.2) is 5.78 Å². The number of Topliss-reactive ketones (excluding diaryl/α,β-unsaturated/α-hetero) is 1. The molecule has 0 fully saturated rings. The second kappa shape index (κ2) is 3.79. The molecule has 0 amide bonds. The quantitative estimate of drug-likeness (QED) is 0.569. The van der Waals surface area contributed by atoms with Crippen LogP contribution < -0.4 is 0 Å². The largest absolute Gasteiger partial charge is 0.387 e. The van der Waals surface area contributed by atoms with Crippen molar-refractivity contribution in [3.05, 3.63) is 29.6 Å². The Hall–Kier alpha value is -0.740. The first-order chi connectivity index (χ1) is 6.70. The fraction of sp³-hybridized carbons (Fsp3) is 0.400. The van der Waals surface area contributed by atoms with E-state index in [1.54, 1.807) is 18.3 Å². The molecule has 1 N–H and O–H groups in total. The topological polar surface area (TPSA) is 50.2 Å². The van der Waals surface area contributed by atoms with Gasteiger partial charge in [-0.15, -0.1) is 0 Å². The molecule has 0 aliphatic heterocycles. The summed E-state index contributed by atoms with van der Waals surface area (Å²) in [5.41, 5.74) is 1.05. The van der Waals surface area contributed by atoms with Crippen molar-refractivity contribution in [1.82, 2.24) is 4.98 Å². The van der Waals surface area contributed by atoms with Gasteiger partial charge in [-0.3, -0.25) is 9.78 Å². The second-order valence-corrected chi connectivity index (χ2v) is 4.47. The van der Waals surface area contributed by atoms with Crippen LogP contribution in [0.3, 0.4) is 0 Å². The minimum absolute atomic E-state index is 0.0182. The number of rotatable bonds is 0. The number of fused-ring (bicyclic) bond motifs is 1. The van der Waals surface area contributed by atoms with E-state index in [1.807, 2.05) is 0 Å². The monoisotopic (exact) mass is 255 g/mol. The summed E-state index contributed by atoms with van der Waals surface area (Å²) in [5, 5.41) is 9.74. The molecule has 1 aliphatic rings. The van der Waals surface area contributed by atoms with Crippen molar-refractivity contribution >= 4 is 21.7 Å². The Morgan fingerprint density at radius 3 is 3.07 bits per heavy atom. The molecule has 0 saturated heterocycles. The highest BCUT2D eigenvalue weighted by atomic mass is 79.9. The molecular weight excluding hydrogens is 246 g/mol. The molecule has 0 radical (unpaired) electrons. The van der Waals surface area contributed by atoms with Crippen LogP contribution in [0.2, 0.25) is 0 Å². The van der Waals surface area contributed by atoms with Gasteiger partial charge in [0.25, 0.3) is 0 Å². The number of alkyl halides is 1. The molecule has 0 spiro atoms. The lowest BCUT2D eigenvalue weighted by molar-refractivity contribution is 0.0990. The number of nitrogens with zero attached hydrogens (tertiary/aromatic N) is 1. The van der Waals surface area contributed by atoms with E-state index in [4.69, 9.17) is 0 Å². The molecule has 14 heavy (non-hydrogen) atoms. The molecule has 2 rings (SSSR count). The minimum Gasteiger partial charge on any atom is -0.387 e. The predicted molar refractivity (Wildman–Crippen MR) is 55.5 cm³/mol. The van der Waals surface area contributed by atoms with E-state index in [1.165, 1.54) is 0 Å². The van der Waals surface area contributed by atoms with Gasteiger partial charge in [-0.25, -0.2) is 0 Å². The molecule has 1 unspecified atom stereocenters. The summed E-state index contributed by atoms with van der Waals surface area (Å²) < 4.78 is 0. The standard InChI is InChI=1S/C10H10BrNO2/c11-7-3-4-8(13)9-6(10(7)14)2-1-5-12-9/h1-2,5,7-8,13H,3-4H2/t7?,8-/m1/s1. The highest BCUT2D eigenvalue weighted by Gasteiger charge is 2.28. The van der Waals surface area contributed by atoms with Crippen molar-refractivity contribution in [2.24, 2.45) is 0 Å². The Kier molecular flexibility index (Phi) is 2.65. The smallest absolute Gasteiger partial charge is 0.178 e. The first kappa shape index (κ1) is 9.80. The number of carbonyl (C=O) groups excluding carboxylic acids is 1. The number of hydrogen-bond acceptors (Lipinski definition) is 3. The van der Waals surface area contributed by atoms with E-state index in [9.17, 15) is 9.90 Å². The number of ketones is 1. The third kappa shape index (κ3) is 1.60. The fourth-order valence-electron chi connectivity index (χ4n) is 1.63. The molecule has 4 heteroatoms. The Balaban J connectivity index is 2.51. The van der Waals surface area contributed by atoms with Gasteiger partial charge in [-0.1, -0.05) is 15.9 Å². The van der Waals surface area contributed by atoms with Crippen molar-refractivity contribution in [2.45, 2.75) is 23.8 Å². The SMILES string of the molecule is O=C1c2cccnc2[C@H](O)CCC1Br. The van der Waals surface area contributed by atoms with E-state index in [-0.39, 0.29) is 10.6 Å². The van der Waals surface area contributed by atoms with Gasteiger partial charge in [0, 0.05) is 11.8 Å². The number of carbonyl (C=O) groups is 1. The fourth-order valence-corrected chi connectivity index (χ4v) is 2.14.